The van der Waals surface area contributed by atoms with Gasteiger partial charge in [0.25, 0.3) is 5.78 Å². The summed E-state index contributed by atoms with van der Waals surface area (Å²) in [6, 6.07) is 0. The molecular weight excluding hydrogens is 202 g/mol. The van der Waals surface area contributed by atoms with Gasteiger partial charge in [0.1, 0.15) is 0 Å². The highest BCUT2D eigenvalue weighted by atomic mass is 35.5. The summed E-state index contributed by atoms with van der Waals surface area (Å²) in [7, 11) is 0. The number of ketones is 1. The quantitative estimate of drug-likeness (QED) is 0.562. The van der Waals surface area contributed by atoms with Crippen LogP contribution in [0.4, 0.5) is 8.78 Å². The van der Waals surface area contributed by atoms with E-state index in [0.717, 1.165) is 0 Å². The molecule has 0 unspecified atom stereocenters. The highest BCUT2D eigenvalue weighted by molar-refractivity contribution is 6.34. The van der Waals surface area contributed by atoms with Gasteiger partial charge in [-0.3, -0.25) is 4.79 Å². The summed E-state index contributed by atoms with van der Waals surface area (Å²) in [5.74, 6) is -1.79. The molecule has 0 aliphatic heterocycles. The van der Waals surface area contributed by atoms with Crippen LogP contribution in [0.5, 0.6) is 0 Å². The Labute approximate surface area is 78.3 Å². The van der Waals surface area contributed by atoms with Crippen LogP contribution in [0.25, 0.3) is 0 Å². The SMILES string of the molecule is CCn1ccnc1C(=O)C(F)(F)Cl. The van der Waals surface area contributed by atoms with Gasteiger partial charge < -0.3 is 4.57 Å². The molecule has 1 rings (SSSR count). The number of Topliss-reactive ketones (excluding diaryl/α,β-unsaturated/α-hetero) is 1. The van der Waals surface area contributed by atoms with E-state index in [1.165, 1.54) is 17.0 Å². The van der Waals surface area contributed by atoms with Crippen LogP contribution in [0.2, 0.25) is 0 Å². The topological polar surface area (TPSA) is 34.9 Å². The van der Waals surface area contributed by atoms with Gasteiger partial charge >= 0.3 is 5.38 Å². The number of aryl methyl sites for hydroxylation is 1. The smallest absolute Gasteiger partial charge is 0.329 e. The Kier molecular flexibility index (Phi) is 2.66. The minimum atomic E-state index is -3.88. The molecule has 6 heteroatoms. The van der Waals surface area contributed by atoms with E-state index in [2.05, 4.69) is 16.6 Å². The van der Waals surface area contributed by atoms with Crippen molar-refractivity contribution in [2.24, 2.45) is 0 Å². The van der Waals surface area contributed by atoms with Gasteiger partial charge in [0, 0.05) is 18.9 Å². The minimum Gasteiger partial charge on any atom is -0.329 e. The first kappa shape index (κ1) is 10.1. The van der Waals surface area contributed by atoms with Crippen molar-refractivity contribution < 1.29 is 13.6 Å². The van der Waals surface area contributed by atoms with Crippen LogP contribution < -0.4 is 0 Å². The van der Waals surface area contributed by atoms with Crippen LogP contribution in [0.15, 0.2) is 12.4 Å². The number of imidazole rings is 1. The Balaban J connectivity index is 3.02. The van der Waals surface area contributed by atoms with E-state index in [4.69, 9.17) is 0 Å². The van der Waals surface area contributed by atoms with E-state index in [1.807, 2.05) is 0 Å². The molecule has 1 aromatic heterocycles. The number of hydrogen-bond acceptors (Lipinski definition) is 2. The third-order valence-electron chi connectivity index (χ3n) is 1.52. The Morgan fingerprint density at radius 1 is 1.77 bits per heavy atom. The molecule has 1 aromatic rings. The fraction of sp³-hybridized carbons (Fsp3) is 0.429. The van der Waals surface area contributed by atoms with E-state index in [-0.39, 0.29) is 5.82 Å². The molecule has 0 fully saturated rings. The van der Waals surface area contributed by atoms with Gasteiger partial charge in [-0.05, 0) is 18.5 Å². The lowest BCUT2D eigenvalue weighted by Gasteiger charge is -2.06. The van der Waals surface area contributed by atoms with Gasteiger partial charge in [0.05, 0.1) is 0 Å². The number of rotatable bonds is 3. The van der Waals surface area contributed by atoms with Crippen molar-refractivity contribution in [1.82, 2.24) is 9.55 Å². The Morgan fingerprint density at radius 3 is 2.85 bits per heavy atom. The molecule has 0 saturated carbocycles. The summed E-state index contributed by atoms with van der Waals surface area (Å²) in [4.78, 5) is 14.4. The second kappa shape index (κ2) is 3.41. The third kappa shape index (κ3) is 2.03. The molecule has 3 nitrogen and oxygen atoms in total. The van der Waals surface area contributed by atoms with E-state index in [9.17, 15) is 13.6 Å². The Hall–Kier alpha value is -0.970. The first-order chi connectivity index (χ1) is 5.96. The zero-order valence-electron chi connectivity index (χ0n) is 6.80. The molecule has 1 heterocycles. The highest BCUT2D eigenvalue weighted by Gasteiger charge is 2.39. The lowest BCUT2D eigenvalue weighted by atomic mass is 10.4. The number of hydrogen-bond donors (Lipinski definition) is 0. The summed E-state index contributed by atoms with van der Waals surface area (Å²) < 4.78 is 26.0. The van der Waals surface area contributed by atoms with E-state index < -0.39 is 11.2 Å². The lowest BCUT2D eigenvalue weighted by molar-refractivity contribution is 0.0520. The highest BCUT2D eigenvalue weighted by Crippen LogP contribution is 2.23. The average Bonchev–Trinajstić information content (AvgIpc) is 2.48. The van der Waals surface area contributed by atoms with Crippen LogP contribution >= 0.6 is 11.6 Å². The molecule has 13 heavy (non-hydrogen) atoms. The van der Waals surface area contributed by atoms with Crippen LogP contribution in [0, 0.1) is 0 Å². The Bertz CT molecular complexity index is 319. The zero-order valence-corrected chi connectivity index (χ0v) is 7.55. The number of carbonyl (C=O) groups is 1. The largest absolute Gasteiger partial charge is 0.388 e. The van der Waals surface area contributed by atoms with Crippen molar-refractivity contribution in [1.29, 1.82) is 0 Å². The second-order valence-electron chi connectivity index (χ2n) is 2.36. The van der Waals surface area contributed by atoms with Gasteiger partial charge in [-0.2, -0.15) is 8.78 Å². The molecule has 0 aliphatic carbocycles. The first-order valence-electron chi connectivity index (χ1n) is 3.59. The first-order valence-corrected chi connectivity index (χ1v) is 3.97. The van der Waals surface area contributed by atoms with Crippen molar-refractivity contribution in [3.8, 4) is 0 Å². The molecule has 0 amide bonds. The van der Waals surface area contributed by atoms with Gasteiger partial charge in [-0.15, -0.1) is 0 Å². The van der Waals surface area contributed by atoms with Crippen molar-refractivity contribution in [3.05, 3.63) is 18.2 Å². The number of carbonyl (C=O) groups excluding carboxylic acids is 1. The standard InChI is InChI=1S/C7H7ClF2N2O/c1-2-12-4-3-11-6(12)5(13)7(8,9)10/h3-4H,2H2,1H3. The Morgan fingerprint density at radius 2 is 2.38 bits per heavy atom. The molecule has 0 atom stereocenters. The monoisotopic (exact) mass is 208 g/mol. The predicted molar refractivity (Wildman–Crippen MR) is 43.0 cm³/mol. The summed E-state index contributed by atoms with van der Waals surface area (Å²) in [6.07, 6.45) is 2.72. The number of halogens is 3. The van der Waals surface area contributed by atoms with Crippen molar-refractivity contribution in [2.75, 3.05) is 0 Å². The molecule has 0 aliphatic rings. The van der Waals surface area contributed by atoms with Gasteiger partial charge in [-0.25, -0.2) is 4.98 Å². The zero-order chi connectivity index (χ0) is 10.1. The number of alkyl halides is 3. The second-order valence-corrected chi connectivity index (χ2v) is 2.84. The summed E-state index contributed by atoms with van der Waals surface area (Å²) in [5, 5.41) is -3.88. The minimum absolute atomic E-state index is 0.317. The van der Waals surface area contributed by atoms with Gasteiger partial charge in [-0.1, -0.05) is 0 Å². The lowest BCUT2D eigenvalue weighted by Crippen LogP contribution is -2.25. The normalized spacial score (nSPS) is 11.7. The predicted octanol–water partition coefficient (Wildman–Crippen LogP) is 1.92. The maximum Gasteiger partial charge on any atom is 0.388 e. The third-order valence-corrected chi connectivity index (χ3v) is 1.69. The van der Waals surface area contributed by atoms with Crippen LogP contribution in [-0.2, 0) is 6.54 Å². The molecule has 0 aromatic carbocycles. The van der Waals surface area contributed by atoms with Crippen molar-refractivity contribution >= 4 is 17.4 Å². The average molecular weight is 209 g/mol. The van der Waals surface area contributed by atoms with E-state index >= 15 is 0 Å². The molecule has 0 saturated heterocycles. The molecule has 0 radical (unpaired) electrons. The molecule has 0 spiro atoms. The summed E-state index contributed by atoms with van der Waals surface area (Å²) in [6.45, 7) is 2.11. The van der Waals surface area contributed by atoms with Crippen LogP contribution in [0.3, 0.4) is 0 Å². The van der Waals surface area contributed by atoms with Crippen LogP contribution in [0.1, 0.15) is 17.5 Å². The van der Waals surface area contributed by atoms with Crippen LogP contribution in [-0.4, -0.2) is 20.7 Å². The van der Waals surface area contributed by atoms with E-state index in [0.29, 0.717) is 6.54 Å². The summed E-state index contributed by atoms with van der Waals surface area (Å²) >= 11 is 4.57. The fourth-order valence-corrected chi connectivity index (χ4v) is 0.985. The number of aromatic nitrogens is 2. The summed E-state index contributed by atoms with van der Waals surface area (Å²) in [5.41, 5.74) is 0. The fourth-order valence-electron chi connectivity index (χ4n) is 0.900. The molecule has 72 valence electrons. The van der Waals surface area contributed by atoms with E-state index in [1.54, 1.807) is 6.92 Å². The maximum absolute atomic E-state index is 12.4. The van der Waals surface area contributed by atoms with Gasteiger partial charge in [0.2, 0.25) is 0 Å². The number of nitrogens with zero attached hydrogens (tertiary/aromatic N) is 2. The molecule has 0 bridgehead atoms. The maximum atomic E-state index is 12.4. The van der Waals surface area contributed by atoms with Gasteiger partial charge in [0.15, 0.2) is 5.82 Å². The van der Waals surface area contributed by atoms with Crippen molar-refractivity contribution in [3.63, 3.8) is 0 Å². The van der Waals surface area contributed by atoms with Crippen molar-refractivity contribution in [2.45, 2.75) is 18.9 Å². The molecular formula is C7H7ClF2N2O. The molecule has 0 N–H and O–H groups in total.